The second-order valence-electron chi connectivity index (χ2n) is 2.51. The van der Waals surface area contributed by atoms with E-state index in [0.29, 0.717) is 0 Å². The van der Waals surface area contributed by atoms with Gasteiger partial charge in [0.2, 0.25) is 5.71 Å². The summed E-state index contributed by atoms with van der Waals surface area (Å²) in [7, 11) is 2.92. The van der Waals surface area contributed by atoms with Gasteiger partial charge in [0.25, 0.3) is 0 Å². The fourth-order valence-electron chi connectivity index (χ4n) is 0.903. The molecule has 0 aromatic heterocycles. The van der Waals surface area contributed by atoms with E-state index in [1.165, 1.54) is 0 Å². The molecule has 8 heteroatoms. The number of halogens is 6. The fraction of sp³-hybridized carbons (Fsp3) is 0.333. The maximum absolute atomic E-state index is 12.0. The van der Waals surface area contributed by atoms with Crippen LogP contribution in [0.2, 0.25) is 0 Å². The van der Waals surface area contributed by atoms with Crippen LogP contribution in [0.15, 0.2) is 16.9 Å². The van der Waals surface area contributed by atoms with Crippen LogP contribution in [0, 0.1) is 7.05 Å². The molecule has 1 unspecified atom stereocenters. The topological polar surface area (TPSA) is 16.8 Å². The summed E-state index contributed by atoms with van der Waals surface area (Å²) < 4.78 is 72.1. The first-order chi connectivity index (χ1) is 6.12. The van der Waals surface area contributed by atoms with E-state index in [9.17, 15) is 26.3 Å². The molecule has 1 aliphatic heterocycles. The fourth-order valence-corrected chi connectivity index (χ4v) is 0.903. The molecule has 0 radical (unpaired) electrons. The summed E-state index contributed by atoms with van der Waals surface area (Å²) in [6, 6.07) is 0. The Morgan fingerprint density at radius 1 is 1.07 bits per heavy atom. The highest BCUT2D eigenvalue weighted by atomic mass is 19.4. The monoisotopic (exact) mass is 218 g/mol. The number of nitrogens with one attached hydrogen (secondary N) is 1. The van der Waals surface area contributed by atoms with Crippen molar-refractivity contribution in [2.24, 2.45) is 5.10 Å². The summed E-state index contributed by atoms with van der Waals surface area (Å²) in [5.41, 5.74) is -3.73. The molecule has 1 aliphatic rings. The smallest absolute Gasteiger partial charge is 0.312 e. The maximum Gasteiger partial charge on any atom is 0.439 e. The molecule has 1 N–H and O–H groups in total. The largest absolute Gasteiger partial charge is 0.439 e. The highest BCUT2D eigenvalue weighted by Gasteiger charge is 2.52. The zero-order chi connectivity index (χ0) is 11.1. The molecule has 0 fully saturated rings. The molecule has 0 amide bonds. The molecule has 0 saturated carbocycles. The van der Waals surface area contributed by atoms with Crippen molar-refractivity contribution in [2.75, 3.05) is 0 Å². The Kier molecular flexibility index (Phi) is 2.34. The van der Waals surface area contributed by atoms with Gasteiger partial charge in [0.15, 0.2) is 0 Å². The molecule has 0 saturated heterocycles. The van der Waals surface area contributed by atoms with Gasteiger partial charge >= 0.3 is 12.4 Å². The number of nitrogens with zero attached hydrogens (tertiary/aromatic N) is 1. The first-order valence-corrected chi connectivity index (χ1v) is 3.26. The van der Waals surface area contributed by atoms with E-state index >= 15 is 0 Å². The Hall–Kier alpha value is -1.05. The van der Waals surface area contributed by atoms with Crippen molar-refractivity contribution in [3.8, 4) is 0 Å². The summed E-state index contributed by atoms with van der Waals surface area (Å²) >= 11 is 0. The van der Waals surface area contributed by atoms with Gasteiger partial charge in [0.05, 0.1) is 0 Å². The lowest BCUT2D eigenvalue weighted by molar-refractivity contribution is -0.802. The van der Waals surface area contributed by atoms with Crippen molar-refractivity contribution < 1.29 is 31.4 Å². The molecule has 14 heavy (non-hydrogen) atoms. The van der Waals surface area contributed by atoms with E-state index in [2.05, 4.69) is 12.1 Å². The van der Waals surface area contributed by atoms with Crippen LogP contribution in [-0.2, 0) is 0 Å². The SMILES string of the molecule is [CH2-][NH+]1C=C(C(F)(F)F)C(C(F)(F)F)=N1. The number of rotatable bonds is 0. The number of alkyl halides is 6. The second-order valence-corrected chi connectivity index (χ2v) is 2.51. The zero-order valence-corrected chi connectivity index (χ0v) is 6.50. The number of allylic oxidation sites excluding steroid dienone is 1. The summed E-state index contributed by atoms with van der Waals surface area (Å²) in [4.78, 5) is 0. The van der Waals surface area contributed by atoms with E-state index < -0.39 is 28.6 Å². The number of hydrogen-bond donors (Lipinski definition) is 1. The quantitative estimate of drug-likeness (QED) is 0.462. The van der Waals surface area contributed by atoms with Crippen LogP contribution in [-0.4, -0.2) is 18.1 Å². The van der Waals surface area contributed by atoms with E-state index in [4.69, 9.17) is 0 Å². The molecule has 80 valence electrons. The van der Waals surface area contributed by atoms with Crippen LogP contribution in [0.25, 0.3) is 0 Å². The van der Waals surface area contributed by atoms with E-state index in [-0.39, 0.29) is 6.20 Å². The molecule has 0 aromatic carbocycles. The predicted molar refractivity (Wildman–Crippen MR) is 33.9 cm³/mol. The summed E-state index contributed by atoms with van der Waals surface area (Å²) in [5, 5.41) is 2.14. The van der Waals surface area contributed by atoms with Crippen molar-refractivity contribution in [2.45, 2.75) is 12.4 Å². The van der Waals surface area contributed by atoms with Gasteiger partial charge < -0.3 is 5.01 Å². The molecule has 0 aromatic rings. The van der Waals surface area contributed by atoms with Gasteiger partial charge in [-0.25, -0.2) is 0 Å². The normalized spacial score (nSPS) is 23.5. The van der Waals surface area contributed by atoms with Crippen LogP contribution >= 0.6 is 0 Å². The van der Waals surface area contributed by atoms with Crippen LogP contribution in [0.1, 0.15) is 0 Å². The minimum atomic E-state index is -5.11. The lowest BCUT2D eigenvalue weighted by atomic mass is 10.1. The van der Waals surface area contributed by atoms with E-state index in [1.54, 1.807) is 0 Å². The molecule has 1 atom stereocenters. The van der Waals surface area contributed by atoms with Crippen molar-refractivity contribution in [1.82, 2.24) is 0 Å². The molecule has 0 aliphatic carbocycles. The Morgan fingerprint density at radius 3 is 1.86 bits per heavy atom. The van der Waals surface area contributed by atoms with Crippen molar-refractivity contribution in [3.63, 3.8) is 0 Å². The van der Waals surface area contributed by atoms with Crippen LogP contribution < -0.4 is 5.01 Å². The highest BCUT2D eigenvalue weighted by Crippen LogP contribution is 2.33. The minimum Gasteiger partial charge on any atom is -0.312 e. The number of quaternary nitrogens is 1. The van der Waals surface area contributed by atoms with Gasteiger partial charge in [-0.15, -0.1) is 12.1 Å². The van der Waals surface area contributed by atoms with E-state index in [0.717, 1.165) is 0 Å². The van der Waals surface area contributed by atoms with Crippen LogP contribution in [0.4, 0.5) is 26.3 Å². The summed E-state index contributed by atoms with van der Waals surface area (Å²) in [6.45, 7) is 0. The van der Waals surface area contributed by atoms with Gasteiger partial charge in [-0.05, 0) is 0 Å². The Morgan fingerprint density at radius 2 is 1.57 bits per heavy atom. The second kappa shape index (κ2) is 2.97. The van der Waals surface area contributed by atoms with Gasteiger partial charge in [-0.3, -0.25) is 0 Å². The maximum atomic E-state index is 12.0. The first-order valence-electron chi connectivity index (χ1n) is 3.26. The molecule has 2 nitrogen and oxygen atoms in total. The Bertz CT molecular complexity index is 266. The van der Waals surface area contributed by atoms with E-state index in [1.807, 2.05) is 0 Å². The third kappa shape index (κ3) is 2.06. The summed E-state index contributed by atoms with van der Waals surface area (Å²) in [6.07, 6.45) is -9.91. The highest BCUT2D eigenvalue weighted by molar-refractivity contribution is 6.05. The predicted octanol–water partition coefficient (Wildman–Crippen LogP) is 1.04. The van der Waals surface area contributed by atoms with Crippen LogP contribution in [0.3, 0.4) is 0 Å². The molecular weight excluding hydrogens is 214 g/mol. The average molecular weight is 218 g/mol. The lowest BCUT2D eigenvalue weighted by Gasteiger charge is -2.09. The van der Waals surface area contributed by atoms with Crippen molar-refractivity contribution in [3.05, 3.63) is 18.8 Å². The summed E-state index contributed by atoms with van der Waals surface area (Å²) in [5.74, 6) is 0. The van der Waals surface area contributed by atoms with Crippen molar-refractivity contribution >= 4 is 5.71 Å². The zero-order valence-electron chi connectivity index (χ0n) is 6.50. The minimum absolute atomic E-state index is 0.267. The number of hydrogen-bond acceptors (Lipinski definition) is 1. The molecular formula is C6H4F6N2. The third-order valence-electron chi connectivity index (χ3n) is 1.40. The molecule has 0 spiro atoms. The van der Waals surface area contributed by atoms with Crippen LogP contribution in [0.5, 0.6) is 0 Å². The van der Waals surface area contributed by atoms with Gasteiger partial charge in [0, 0.05) is 0 Å². The molecule has 1 heterocycles. The van der Waals surface area contributed by atoms with Gasteiger partial charge in [-0.1, -0.05) is 0 Å². The lowest BCUT2D eigenvalue weighted by Crippen LogP contribution is -2.95. The van der Waals surface area contributed by atoms with Crippen molar-refractivity contribution in [1.29, 1.82) is 0 Å². The average Bonchev–Trinajstić information content (AvgIpc) is 2.27. The van der Waals surface area contributed by atoms with Gasteiger partial charge in [0.1, 0.15) is 11.8 Å². The standard InChI is InChI=1S/C6H4F6N2/c1-14-2-3(5(7,8)9)4(13-14)6(10,11)12/h2,14H,1H2. The molecule has 1 rings (SSSR count). The third-order valence-corrected chi connectivity index (χ3v) is 1.40. The Balaban J connectivity index is 3.10. The van der Waals surface area contributed by atoms with Gasteiger partial charge in [-0.2, -0.15) is 26.3 Å². The Labute approximate surface area is 74.5 Å². The first kappa shape index (κ1) is 11.0. The molecule has 0 bridgehead atoms.